The Morgan fingerprint density at radius 3 is 2.56 bits per heavy atom. The van der Waals surface area contributed by atoms with Crippen LogP contribution in [0.15, 0.2) is 59.2 Å². The highest BCUT2D eigenvalue weighted by Crippen LogP contribution is 2.58. The van der Waals surface area contributed by atoms with Crippen molar-refractivity contribution >= 4 is 11.0 Å². The van der Waals surface area contributed by atoms with Crippen LogP contribution in [0.4, 0.5) is 4.39 Å². The molecule has 2 saturated carbocycles. The maximum atomic E-state index is 15.0. The average molecular weight is 432 g/mol. The van der Waals surface area contributed by atoms with E-state index in [2.05, 4.69) is 29.7 Å². The van der Waals surface area contributed by atoms with Crippen molar-refractivity contribution in [1.82, 2.24) is 4.90 Å². The first-order valence-electron chi connectivity index (χ1n) is 11.9. The number of hydrogen-bond acceptors (Lipinski definition) is 3. The van der Waals surface area contributed by atoms with Crippen LogP contribution in [0, 0.1) is 17.7 Å². The minimum atomic E-state index is -0.255. The maximum Gasteiger partial charge on any atom is 0.138 e. The van der Waals surface area contributed by atoms with E-state index >= 15 is 0 Å². The van der Waals surface area contributed by atoms with Crippen molar-refractivity contribution in [3.8, 4) is 11.3 Å². The second-order valence-corrected chi connectivity index (χ2v) is 10.2. The third-order valence-corrected chi connectivity index (χ3v) is 8.15. The average Bonchev–Trinajstić information content (AvgIpc) is 3.17. The van der Waals surface area contributed by atoms with E-state index < -0.39 is 0 Å². The molecular weight excluding hydrogens is 401 g/mol. The molecule has 2 aromatic carbocycles. The van der Waals surface area contributed by atoms with Crippen molar-refractivity contribution in [2.45, 2.75) is 50.5 Å². The predicted molar refractivity (Wildman–Crippen MR) is 125 cm³/mol. The first-order chi connectivity index (χ1) is 15.5. The van der Waals surface area contributed by atoms with Crippen LogP contribution in [-0.2, 0) is 12.0 Å². The molecule has 0 radical (unpaired) electrons. The van der Waals surface area contributed by atoms with Gasteiger partial charge in [-0.05, 0) is 72.4 Å². The van der Waals surface area contributed by atoms with Gasteiger partial charge in [-0.1, -0.05) is 37.6 Å². The maximum absolute atomic E-state index is 15.0. The molecule has 2 aliphatic carbocycles. The van der Waals surface area contributed by atoms with Gasteiger partial charge >= 0.3 is 0 Å². The molecular formula is C28H30FNO2. The van der Waals surface area contributed by atoms with E-state index in [0.29, 0.717) is 23.3 Å². The number of hydrogen-bond donors (Lipinski definition) is 1. The second kappa shape index (κ2) is 7.48. The Hall–Kier alpha value is -2.59. The second-order valence-electron chi connectivity index (χ2n) is 10.2. The SMILES string of the molecule is C=C(O)C1CN(Cc2ccc(-c3cc4ccc(C5(C6CCCC6)CC5)cc4o3)c(F)c2)C1. The number of rotatable bonds is 6. The van der Waals surface area contributed by atoms with Crippen LogP contribution in [0.25, 0.3) is 22.3 Å². The Balaban J connectivity index is 1.22. The summed E-state index contributed by atoms with van der Waals surface area (Å²) < 4.78 is 21.2. The van der Waals surface area contributed by atoms with Gasteiger partial charge in [-0.25, -0.2) is 4.39 Å². The monoisotopic (exact) mass is 431 g/mol. The number of likely N-dealkylation sites (tertiary alicyclic amines) is 1. The summed E-state index contributed by atoms with van der Waals surface area (Å²) in [5.74, 6) is 1.54. The molecule has 32 heavy (non-hydrogen) atoms. The Bertz CT molecular complexity index is 1180. The van der Waals surface area contributed by atoms with Crippen LogP contribution in [0.2, 0.25) is 0 Å². The highest BCUT2D eigenvalue weighted by atomic mass is 19.1. The van der Waals surface area contributed by atoms with Crippen molar-refractivity contribution in [1.29, 1.82) is 0 Å². The number of benzene rings is 2. The van der Waals surface area contributed by atoms with Crippen LogP contribution < -0.4 is 0 Å². The number of halogens is 1. The van der Waals surface area contributed by atoms with Gasteiger partial charge in [0.25, 0.3) is 0 Å². The molecule has 0 spiro atoms. The summed E-state index contributed by atoms with van der Waals surface area (Å²) in [5.41, 5.74) is 4.07. The highest BCUT2D eigenvalue weighted by molar-refractivity contribution is 5.84. The fourth-order valence-electron chi connectivity index (χ4n) is 6.04. The third kappa shape index (κ3) is 3.36. The summed E-state index contributed by atoms with van der Waals surface area (Å²) in [6, 6.07) is 14.0. The number of fused-ring (bicyclic) bond motifs is 1. The van der Waals surface area contributed by atoms with E-state index in [4.69, 9.17) is 4.42 Å². The van der Waals surface area contributed by atoms with Crippen molar-refractivity contribution in [3.05, 3.63) is 71.7 Å². The van der Waals surface area contributed by atoms with Gasteiger partial charge in [-0.2, -0.15) is 0 Å². The minimum absolute atomic E-state index is 0.142. The number of furan rings is 1. The lowest BCUT2D eigenvalue weighted by atomic mass is 9.81. The normalized spacial score (nSPS) is 21.2. The largest absolute Gasteiger partial charge is 0.513 e. The summed E-state index contributed by atoms with van der Waals surface area (Å²) in [7, 11) is 0. The summed E-state index contributed by atoms with van der Waals surface area (Å²) >= 11 is 0. The Kier molecular flexibility index (Phi) is 4.69. The fourth-order valence-corrected chi connectivity index (χ4v) is 6.04. The highest BCUT2D eigenvalue weighted by Gasteiger charge is 2.50. The summed E-state index contributed by atoms with van der Waals surface area (Å²) in [6.45, 7) is 5.81. The molecule has 4 heteroatoms. The Labute approximate surface area is 188 Å². The molecule has 3 aromatic rings. The quantitative estimate of drug-likeness (QED) is 0.428. The van der Waals surface area contributed by atoms with Gasteiger partial charge in [0.15, 0.2) is 0 Å². The van der Waals surface area contributed by atoms with Crippen molar-refractivity contribution in [2.24, 2.45) is 11.8 Å². The molecule has 0 unspecified atom stereocenters. The molecule has 166 valence electrons. The molecule has 0 amide bonds. The van der Waals surface area contributed by atoms with E-state index in [1.165, 1.54) is 44.1 Å². The zero-order valence-corrected chi connectivity index (χ0v) is 18.4. The zero-order valence-electron chi connectivity index (χ0n) is 18.4. The van der Waals surface area contributed by atoms with Crippen molar-refractivity contribution in [2.75, 3.05) is 13.1 Å². The van der Waals surface area contributed by atoms with E-state index in [-0.39, 0.29) is 17.5 Å². The fraction of sp³-hybridized carbons (Fsp3) is 0.429. The third-order valence-electron chi connectivity index (χ3n) is 8.15. The molecule has 3 aliphatic rings. The standard InChI is InChI=1S/C28H30FNO2/c1-18(31)21-16-30(17-21)15-19-6-9-24(25(29)12-19)27-13-20-7-8-23(14-26(20)32-27)28(10-11-28)22-4-2-3-5-22/h6-9,12-14,21-22,31H,1-5,10-11,15-17H2. The van der Waals surface area contributed by atoms with E-state index in [9.17, 15) is 9.50 Å². The zero-order chi connectivity index (χ0) is 21.9. The van der Waals surface area contributed by atoms with Gasteiger partial charge < -0.3 is 9.52 Å². The predicted octanol–water partition coefficient (Wildman–Crippen LogP) is 6.96. The molecule has 1 aliphatic heterocycles. The Morgan fingerprint density at radius 1 is 1.09 bits per heavy atom. The van der Waals surface area contributed by atoms with Crippen LogP contribution in [0.1, 0.15) is 49.7 Å². The van der Waals surface area contributed by atoms with Crippen molar-refractivity contribution in [3.63, 3.8) is 0 Å². The summed E-state index contributed by atoms with van der Waals surface area (Å²) in [5, 5.41) is 10.5. The van der Waals surface area contributed by atoms with Crippen molar-refractivity contribution < 1.29 is 13.9 Å². The van der Waals surface area contributed by atoms with Gasteiger partial charge in [0, 0.05) is 30.9 Å². The lowest BCUT2D eigenvalue weighted by Crippen LogP contribution is -2.46. The lowest BCUT2D eigenvalue weighted by Gasteiger charge is -2.38. The Morgan fingerprint density at radius 2 is 1.88 bits per heavy atom. The first kappa shape index (κ1) is 20.0. The molecule has 0 bridgehead atoms. The van der Waals surface area contributed by atoms with Gasteiger partial charge in [0.05, 0.1) is 11.3 Å². The van der Waals surface area contributed by atoms with Gasteiger partial charge in [0.2, 0.25) is 0 Å². The summed E-state index contributed by atoms with van der Waals surface area (Å²) in [4.78, 5) is 2.18. The molecule has 3 fully saturated rings. The molecule has 0 atom stereocenters. The number of aliphatic hydroxyl groups is 1. The molecule has 1 aromatic heterocycles. The van der Waals surface area contributed by atoms with Crippen LogP contribution in [0.3, 0.4) is 0 Å². The van der Waals surface area contributed by atoms with E-state index in [1.807, 2.05) is 18.2 Å². The molecule has 1 N–H and O–H groups in total. The lowest BCUT2D eigenvalue weighted by molar-refractivity contribution is 0.0862. The minimum Gasteiger partial charge on any atom is -0.513 e. The molecule has 1 saturated heterocycles. The van der Waals surface area contributed by atoms with E-state index in [0.717, 1.165) is 35.5 Å². The van der Waals surface area contributed by atoms with Gasteiger partial charge in [0.1, 0.15) is 17.2 Å². The first-order valence-corrected chi connectivity index (χ1v) is 11.9. The van der Waals surface area contributed by atoms with Gasteiger partial charge in [-0.3, -0.25) is 4.90 Å². The molecule has 6 rings (SSSR count). The summed E-state index contributed by atoms with van der Waals surface area (Å²) in [6.07, 6.45) is 8.01. The molecule has 2 heterocycles. The van der Waals surface area contributed by atoms with Gasteiger partial charge in [-0.15, -0.1) is 0 Å². The van der Waals surface area contributed by atoms with E-state index in [1.54, 1.807) is 6.07 Å². The smallest absolute Gasteiger partial charge is 0.138 e. The van der Waals surface area contributed by atoms with Crippen LogP contribution in [0.5, 0.6) is 0 Å². The number of nitrogens with zero attached hydrogens (tertiary/aromatic N) is 1. The molecule has 3 nitrogen and oxygen atoms in total. The topological polar surface area (TPSA) is 36.6 Å². The van der Waals surface area contributed by atoms with Crippen LogP contribution in [-0.4, -0.2) is 23.1 Å². The van der Waals surface area contributed by atoms with Crippen LogP contribution >= 0.6 is 0 Å². The number of aliphatic hydroxyl groups excluding tert-OH is 1.